The smallest absolute Gasteiger partial charge is 0.254 e. The first kappa shape index (κ1) is 12.9. The van der Waals surface area contributed by atoms with Crippen LogP contribution in [0, 0.1) is 5.92 Å². The van der Waals surface area contributed by atoms with Gasteiger partial charge >= 0.3 is 0 Å². The molecule has 0 aliphatic carbocycles. The summed E-state index contributed by atoms with van der Waals surface area (Å²) < 4.78 is 0. The van der Waals surface area contributed by atoms with Crippen LogP contribution in [0.3, 0.4) is 0 Å². The number of amides is 1. The van der Waals surface area contributed by atoms with E-state index in [1.807, 2.05) is 0 Å². The van der Waals surface area contributed by atoms with Crippen molar-refractivity contribution in [3.63, 3.8) is 0 Å². The topological polar surface area (TPSA) is 54.9 Å². The molecule has 0 aromatic carbocycles. The van der Waals surface area contributed by atoms with Gasteiger partial charge in [-0.15, -0.1) is 11.6 Å². The number of nitrogens with one attached hydrogen (secondary N) is 1. The van der Waals surface area contributed by atoms with Crippen molar-refractivity contribution >= 4 is 17.5 Å². The van der Waals surface area contributed by atoms with Gasteiger partial charge in [0.2, 0.25) is 0 Å². The highest BCUT2D eigenvalue weighted by molar-refractivity contribution is 6.17. The van der Waals surface area contributed by atoms with E-state index in [0.29, 0.717) is 17.4 Å². The molecule has 0 aliphatic heterocycles. The van der Waals surface area contributed by atoms with E-state index >= 15 is 0 Å². The highest BCUT2D eigenvalue weighted by Crippen LogP contribution is 2.08. The predicted octanol–water partition coefficient (Wildman–Crippen LogP) is 1.86. The first-order valence-corrected chi connectivity index (χ1v) is 5.80. The molecule has 0 radical (unpaired) electrons. The molecule has 0 saturated carbocycles. The van der Waals surface area contributed by atoms with E-state index in [1.165, 1.54) is 18.7 Å². The minimum atomic E-state index is -0.149. The number of carbonyl (C=O) groups is 1. The van der Waals surface area contributed by atoms with Crippen molar-refractivity contribution in [2.45, 2.75) is 26.3 Å². The quantitative estimate of drug-likeness (QED) is 0.801. The maximum atomic E-state index is 11.8. The molecule has 0 spiro atoms. The number of hydrogen-bond acceptors (Lipinski definition) is 3. The van der Waals surface area contributed by atoms with Crippen molar-refractivity contribution in [2.75, 3.05) is 5.88 Å². The zero-order valence-corrected chi connectivity index (χ0v) is 10.2. The monoisotopic (exact) mass is 241 g/mol. The summed E-state index contributed by atoms with van der Waals surface area (Å²) in [4.78, 5) is 19.4. The molecule has 4 nitrogen and oxygen atoms in total. The standard InChI is InChI=1S/C11H16ClN3O/c1-8(2)10(3-4-12)15-11(16)9-5-13-7-14-6-9/h5-8,10H,3-4H2,1-2H3,(H,15,16). The van der Waals surface area contributed by atoms with Gasteiger partial charge in [0.15, 0.2) is 0 Å². The fourth-order valence-corrected chi connectivity index (χ4v) is 1.59. The van der Waals surface area contributed by atoms with Crippen molar-refractivity contribution < 1.29 is 4.79 Å². The third kappa shape index (κ3) is 3.77. The SMILES string of the molecule is CC(C)C(CCCl)NC(=O)c1cncnc1. The van der Waals surface area contributed by atoms with E-state index in [2.05, 4.69) is 29.1 Å². The molecule has 1 amide bonds. The Morgan fingerprint density at radius 2 is 2.06 bits per heavy atom. The second-order valence-corrected chi connectivity index (χ2v) is 4.31. The molecule has 88 valence electrons. The summed E-state index contributed by atoms with van der Waals surface area (Å²) in [5.41, 5.74) is 0.475. The second kappa shape index (κ2) is 6.43. The third-order valence-corrected chi connectivity index (χ3v) is 2.58. The van der Waals surface area contributed by atoms with Crippen LogP contribution in [0.25, 0.3) is 0 Å². The number of rotatable bonds is 5. The highest BCUT2D eigenvalue weighted by atomic mass is 35.5. The van der Waals surface area contributed by atoms with Crippen LogP contribution in [0.4, 0.5) is 0 Å². The number of alkyl halides is 1. The van der Waals surface area contributed by atoms with Crippen LogP contribution in [-0.4, -0.2) is 27.8 Å². The Morgan fingerprint density at radius 3 is 2.56 bits per heavy atom. The second-order valence-electron chi connectivity index (χ2n) is 3.93. The molecule has 16 heavy (non-hydrogen) atoms. The maximum absolute atomic E-state index is 11.8. The minimum absolute atomic E-state index is 0.0882. The van der Waals surface area contributed by atoms with Gasteiger partial charge in [-0.05, 0) is 12.3 Å². The van der Waals surface area contributed by atoms with E-state index in [1.54, 1.807) is 0 Å². The van der Waals surface area contributed by atoms with Crippen molar-refractivity contribution in [1.82, 2.24) is 15.3 Å². The number of aromatic nitrogens is 2. The number of hydrogen-bond donors (Lipinski definition) is 1. The summed E-state index contributed by atoms with van der Waals surface area (Å²) in [6.45, 7) is 4.11. The van der Waals surface area contributed by atoms with E-state index in [4.69, 9.17) is 11.6 Å². The molecule has 1 rings (SSSR count). The van der Waals surface area contributed by atoms with Crippen molar-refractivity contribution in [2.24, 2.45) is 5.92 Å². The number of carbonyl (C=O) groups excluding carboxylic acids is 1. The highest BCUT2D eigenvalue weighted by Gasteiger charge is 2.16. The van der Waals surface area contributed by atoms with Gasteiger partial charge in [-0.3, -0.25) is 4.79 Å². The fraction of sp³-hybridized carbons (Fsp3) is 0.545. The van der Waals surface area contributed by atoms with E-state index < -0.39 is 0 Å². The summed E-state index contributed by atoms with van der Waals surface area (Å²) in [6.07, 6.45) is 5.16. The Bertz CT molecular complexity index is 329. The van der Waals surface area contributed by atoms with Crippen molar-refractivity contribution in [1.29, 1.82) is 0 Å². The molecule has 0 fully saturated rings. The van der Waals surface area contributed by atoms with Crippen molar-refractivity contribution in [3.8, 4) is 0 Å². The van der Waals surface area contributed by atoms with Gasteiger partial charge in [0.1, 0.15) is 6.33 Å². The van der Waals surface area contributed by atoms with E-state index in [-0.39, 0.29) is 11.9 Å². The molecule has 1 N–H and O–H groups in total. The van der Waals surface area contributed by atoms with Gasteiger partial charge < -0.3 is 5.32 Å². The van der Waals surface area contributed by atoms with E-state index in [0.717, 1.165) is 6.42 Å². The zero-order valence-electron chi connectivity index (χ0n) is 9.48. The Hall–Kier alpha value is -1.16. The van der Waals surface area contributed by atoms with Gasteiger partial charge in [-0.2, -0.15) is 0 Å². The van der Waals surface area contributed by atoms with Gasteiger partial charge in [0, 0.05) is 24.3 Å². The minimum Gasteiger partial charge on any atom is -0.349 e. The largest absolute Gasteiger partial charge is 0.349 e. The van der Waals surface area contributed by atoms with Gasteiger partial charge in [-0.25, -0.2) is 9.97 Å². The molecule has 0 aliphatic rings. The molecule has 1 atom stereocenters. The molecule has 0 saturated heterocycles. The molecule has 0 bridgehead atoms. The Kier molecular flexibility index (Phi) is 5.19. The maximum Gasteiger partial charge on any atom is 0.254 e. The average Bonchev–Trinajstić information content (AvgIpc) is 2.29. The number of halogens is 1. The Balaban J connectivity index is 2.62. The summed E-state index contributed by atoms with van der Waals surface area (Å²) in [5.74, 6) is 0.741. The third-order valence-electron chi connectivity index (χ3n) is 2.36. The molecule has 1 heterocycles. The molecule has 1 unspecified atom stereocenters. The van der Waals surface area contributed by atoms with Crippen LogP contribution in [0.2, 0.25) is 0 Å². The van der Waals surface area contributed by atoms with Gasteiger partial charge in [0.05, 0.1) is 5.56 Å². The lowest BCUT2D eigenvalue weighted by molar-refractivity contribution is 0.0924. The number of nitrogens with zero attached hydrogens (tertiary/aromatic N) is 2. The Morgan fingerprint density at radius 1 is 1.44 bits per heavy atom. The molecule has 5 heteroatoms. The van der Waals surface area contributed by atoms with Crippen LogP contribution >= 0.6 is 11.6 Å². The van der Waals surface area contributed by atoms with Crippen LogP contribution < -0.4 is 5.32 Å². The first-order chi connectivity index (χ1) is 7.65. The molecular weight excluding hydrogens is 226 g/mol. The van der Waals surface area contributed by atoms with Crippen molar-refractivity contribution in [3.05, 3.63) is 24.3 Å². The Labute approximate surface area is 100 Å². The lowest BCUT2D eigenvalue weighted by atomic mass is 10.0. The van der Waals surface area contributed by atoms with Gasteiger partial charge in [0.25, 0.3) is 5.91 Å². The molecule has 1 aromatic rings. The lowest BCUT2D eigenvalue weighted by Gasteiger charge is -2.21. The van der Waals surface area contributed by atoms with Crippen LogP contribution in [0.15, 0.2) is 18.7 Å². The predicted molar refractivity (Wildman–Crippen MR) is 63.5 cm³/mol. The molecular formula is C11H16ClN3O. The normalized spacial score (nSPS) is 12.5. The van der Waals surface area contributed by atoms with Crippen LogP contribution in [0.1, 0.15) is 30.6 Å². The van der Waals surface area contributed by atoms with Gasteiger partial charge in [-0.1, -0.05) is 13.8 Å². The summed E-state index contributed by atoms with van der Waals surface area (Å²) in [5, 5.41) is 2.93. The fourth-order valence-electron chi connectivity index (χ4n) is 1.36. The summed E-state index contributed by atoms with van der Waals surface area (Å²) >= 11 is 5.69. The van der Waals surface area contributed by atoms with Crippen LogP contribution in [0.5, 0.6) is 0 Å². The first-order valence-electron chi connectivity index (χ1n) is 5.27. The zero-order chi connectivity index (χ0) is 12.0. The average molecular weight is 242 g/mol. The summed E-state index contributed by atoms with van der Waals surface area (Å²) in [6, 6.07) is 0.0882. The lowest BCUT2D eigenvalue weighted by Crippen LogP contribution is -2.38. The summed E-state index contributed by atoms with van der Waals surface area (Å²) in [7, 11) is 0. The molecule has 1 aromatic heterocycles. The van der Waals surface area contributed by atoms with E-state index in [9.17, 15) is 4.79 Å². The van der Waals surface area contributed by atoms with Crippen LogP contribution in [-0.2, 0) is 0 Å².